The molecule has 1 aliphatic rings. The van der Waals surface area contributed by atoms with Gasteiger partial charge in [0.25, 0.3) is 5.91 Å². The van der Waals surface area contributed by atoms with Crippen LogP contribution in [0.25, 0.3) is 10.2 Å². The third-order valence-corrected chi connectivity index (χ3v) is 6.09. The Morgan fingerprint density at radius 2 is 1.90 bits per heavy atom. The first-order valence-electron chi connectivity index (χ1n) is 9.86. The number of nitrogens with one attached hydrogen (secondary N) is 2. The van der Waals surface area contributed by atoms with Gasteiger partial charge in [-0.2, -0.15) is 5.10 Å². The van der Waals surface area contributed by atoms with Gasteiger partial charge in [0, 0.05) is 17.5 Å². The number of anilines is 2. The van der Waals surface area contributed by atoms with Crippen molar-refractivity contribution in [3.63, 3.8) is 0 Å². The summed E-state index contributed by atoms with van der Waals surface area (Å²) in [4.78, 5) is 17.4. The van der Waals surface area contributed by atoms with E-state index in [0.717, 1.165) is 57.8 Å². The van der Waals surface area contributed by atoms with Gasteiger partial charge in [-0.15, -0.1) is 0 Å². The number of hydrogen-bond acceptors (Lipinski definition) is 6. The highest BCUT2D eigenvalue weighted by molar-refractivity contribution is 7.22. The maximum Gasteiger partial charge on any atom is 0.293 e. The molecule has 4 aromatic rings. The Morgan fingerprint density at radius 1 is 1.10 bits per heavy atom. The third-order valence-electron chi connectivity index (χ3n) is 5.14. The Labute approximate surface area is 177 Å². The summed E-state index contributed by atoms with van der Waals surface area (Å²) in [5.41, 5.74) is 7.58. The van der Waals surface area contributed by atoms with Crippen molar-refractivity contribution >= 4 is 44.0 Å². The van der Waals surface area contributed by atoms with E-state index in [2.05, 4.69) is 20.8 Å². The number of nitrogens with zero attached hydrogens (tertiary/aromatic N) is 2. The van der Waals surface area contributed by atoms with Crippen LogP contribution in [0.5, 0.6) is 0 Å². The number of thiazole rings is 1. The predicted molar refractivity (Wildman–Crippen MR) is 121 cm³/mol. The quantitative estimate of drug-likeness (QED) is 0.424. The molecule has 0 spiro atoms. The summed E-state index contributed by atoms with van der Waals surface area (Å²) in [6.45, 7) is 1.92. The van der Waals surface area contributed by atoms with Crippen LogP contribution in [0, 0.1) is 6.92 Å². The fourth-order valence-corrected chi connectivity index (χ4v) is 4.58. The molecule has 7 heteroatoms. The number of hydrazone groups is 1. The summed E-state index contributed by atoms with van der Waals surface area (Å²) >= 11 is 1.45. The molecule has 1 aliphatic carbocycles. The van der Waals surface area contributed by atoms with Crippen LogP contribution in [0.3, 0.4) is 0 Å². The highest BCUT2D eigenvalue weighted by atomic mass is 32.1. The molecule has 30 heavy (non-hydrogen) atoms. The predicted octanol–water partition coefficient (Wildman–Crippen LogP) is 5.60. The second-order valence-electron chi connectivity index (χ2n) is 7.19. The Hall–Kier alpha value is -3.45. The van der Waals surface area contributed by atoms with Crippen molar-refractivity contribution in [3.05, 3.63) is 77.2 Å². The molecule has 6 nitrogen and oxygen atoms in total. The number of rotatable bonds is 4. The summed E-state index contributed by atoms with van der Waals surface area (Å²) in [5.74, 6) is 0.867. The lowest BCUT2D eigenvalue weighted by Crippen LogP contribution is -2.14. The average molecular weight is 417 g/mol. The lowest BCUT2D eigenvalue weighted by Gasteiger charge is -2.13. The van der Waals surface area contributed by atoms with Crippen LogP contribution in [-0.2, 0) is 6.42 Å². The lowest BCUT2D eigenvalue weighted by molar-refractivity contribution is 0.0994. The zero-order valence-electron chi connectivity index (χ0n) is 16.4. The van der Waals surface area contributed by atoms with Crippen LogP contribution in [0.1, 0.15) is 40.3 Å². The molecule has 2 heterocycles. The van der Waals surface area contributed by atoms with E-state index in [4.69, 9.17) is 4.42 Å². The van der Waals surface area contributed by atoms with E-state index in [-0.39, 0.29) is 5.91 Å². The number of amides is 1. The van der Waals surface area contributed by atoms with Crippen LogP contribution in [0.2, 0.25) is 0 Å². The molecular weight excluding hydrogens is 396 g/mol. The molecule has 0 radical (unpaired) electrons. The minimum atomic E-state index is -0.281. The zero-order valence-corrected chi connectivity index (χ0v) is 17.3. The van der Waals surface area contributed by atoms with Gasteiger partial charge in [-0.05, 0) is 44.0 Å². The molecule has 1 amide bonds. The van der Waals surface area contributed by atoms with Crippen molar-refractivity contribution in [2.45, 2.75) is 26.2 Å². The van der Waals surface area contributed by atoms with Gasteiger partial charge >= 0.3 is 0 Å². The van der Waals surface area contributed by atoms with Crippen LogP contribution in [-0.4, -0.2) is 16.6 Å². The van der Waals surface area contributed by atoms with Gasteiger partial charge in [0.2, 0.25) is 0 Å². The number of hydrogen-bond donors (Lipinski definition) is 2. The van der Waals surface area contributed by atoms with Gasteiger partial charge in [0.15, 0.2) is 10.9 Å². The number of carbonyl (C=O) groups is 1. The molecule has 0 atom stereocenters. The third kappa shape index (κ3) is 3.48. The molecule has 2 N–H and O–H groups in total. The Balaban J connectivity index is 1.42. The van der Waals surface area contributed by atoms with Crippen molar-refractivity contribution in [1.82, 2.24) is 4.98 Å². The first-order chi connectivity index (χ1) is 14.7. The van der Waals surface area contributed by atoms with Crippen molar-refractivity contribution in [2.75, 3.05) is 10.7 Å². The summed E-state index contributed by atoms with van der Waals surface area (Å²) in [6, 6.07) is 17.6. The van der Waals surface area contributed by atoms with Gasteiger partial charge in [0.05, 0.1) is 21.6 Å². The van der Waals surface area contributed by atoms with E-state index in [1.165, 1.54) is 11.3 Å². The molecule has 0 unspecified atom stereocenters. The van der Waals surface area contributed by atoms with Crippen molar-refractivity contribution < 1.29 is 9.21 Å². The van der Waals surface area contributed by atoms with E-state index in [9.17, 15) is 4.79 Å². The second kappa shape index (κ2) is 7.76. The average Bonchev–Trinajstić information content (AvgIpc) is 3.33. The summed E-state index contributed by atoms with van der Waals surface area (Å²) < 4.78 is 7.02. The SMILES string of the molecule is Cc1c(C(=O)Nc2nc3ccccc3s2)oc2c1/C(=N/Nc1ccccc1)CCC2. The fourth-order valence-electron chi connectivity index (χ4n) is 3.72. The molecule has 150 valence electrons. The van der Waals surface area contributed by atoms with Gasteiger partial charge in [0.1, 0.15) is 5.76 Å². The number of benzene rings is 2. The topological polar surface area (TPSA) is 79.5 Å². The van der Waals surface area contributed by atoms with Crippen molar-refractivity contribution in [1.29, 1.82) is 0 Å². The lowest BCUT2D eigenvalue weighted by atomic mass is 9.93. The first-order valence-corrected chi connectivity index (χ1v) is 10.7. The molecule has 5 rings (SSSR count). The van der Waals surface area contributed by atoms with Gasteiger partial charge in [-0.1, -0.05) is 41.7 Å². The monoisotopic (exact) mass is 416 g/mol. The summed E-state index contributed by atoms with van der Waals surface area (Å²) in [7, 11) is 0. The molecule has 0 aliphatic heterocycles. The van der Waals surface area contributed by atoms with Crippen LogP contribution in [0.4, 0.5) is 10.8 Å². The number of furan rings is 1. The van der Waals surface area contributed by atoms with E-state index in [1.54, 1.807) is 0 Å². The fraction of sp³-hybridized carbons (Fsp3) is 0.174. The van der Waals surface area contributed by atoms with E-state index in [1.807, 2.05) is 61.5 Å². The van der Waals surface area contributed by atoms with E-state index < -0.39 is 0 Å². The Bertz CT molecular complexity index is 1220. The van der Waals surface area contributed by atoms with Crippen LogP contribution < -0.4 is 10.7 Å². The van der Waals surface area contributed by atoms with E-state index >= 15 is 0 Å². The zero-order chi connectivity index (χ0) is 20.5. The molecule has 0 saturated carbocycles. The Morgan fingerprint density at radius 3 is 2.73 bits per heavy atom. The Kier molecular flexibility index (Phi) is 4.80. The number of fused-ring (bicyclic) bond motifs is 2. The molecule has 2 aromatic carbocycles. The van der Waals surface area contributed by atoms with Gasteiger partial charge < -0.3 is 4.42 Å². The highest BCUT2D eigenvalue weighted by Crippen LogP contribution is 2.31. The maximum absolute atomic E-state index is 12.9. The molecule has 0 saturated heterocycles. The number of aromatic nitrogens is 1. The summed E-state index contributed by atoms with van der Waals surface area (Å²) in [6.07, 6.45) is 2.58. The molecule has 0 fully saturated rings. The largest absolute Gasteiger partial charge is 0.455 e. The smallest absolute Gasteiger partial charge is 0.293 e. The standard InChI is InChI=1S/C23H20N4O2S/c1-14-20-17(27-26-15-8-3-2-4-9-15)11-7-12-18(20)29-21(14)22(28)25-23-24-16-10-5-6-13-19(16)30-23/h2-6,8-10,13,26H,7,11-12H2,1H3,(H,24,25,28)/b27-17+. The number of para-hydroxylation sites is 2. The van der Waals surface area contributed by atoms with Crippen LogP contribution >= 0.6 is 11.3 Å². The minimum Gasteiger partial charge on any atom is -0.455 e. The highest BCUT2D eigenvalue weighted by Gasteiger charge is 2.28. The number of carbonyl (C=O) groups excluding carboxylic acids is 1. The second-order valence-corrected chi connectivity index (χ2v) is 8.22. The first kappa shape index (κ1) is 18.6. The van der Waals surface area contributed by atoms with Gasteiger partial charge in [-0.3, -0.25) is 15.5 Å². The minimum absolute atomic E-state index is 0.281. The van der Waals surface area contributed by atoms with Gasteiger partial charge in [-0.25, -0.2) is 4.98 Å². The summed E-state index contributed by atoms with van der Waals surface area (Å²) in [5, 5.41) is 8.06. The van der Waals surface area contributed by atoms with Crippen molar-refractivity contribution in [3.8, 4) is 0 Å². The van der Waals surface area contributed by atoms with Crippen molar-refractivity contribution in [2.24, 2.45) is 5.10 Å². The molecule has 0 bridgehead atoms. The van der Waals surface area contributed by atoms with E-state index in [0.29, 0.717) is 10.9 Å². The molecular formula is C23H20N4O2S. The normalized spacial score (nSPS) is 14.6. The van der Waals surface area contributed by atoms with Crippen LogP contribution in [0.15, 0.2) is 64.1 Å². The maximum atomic E-state index is 12.9. The number of aryl methyl sites for hydroxylation is 1. The molecule has 2 aromatic heterocycles.